The van der Waals surface area contributed by atoms with Crippen LogP contribution in [-0.2, 0) is 4.75 Å². The molecule has 1 aromatic carbocycles. The maximum Gasteiger partial charge on any atom is 0.0373 e. The molecule has 0 saturated heterocycles. The Kier molecular flexibility index (Phi) is 3.43. The predicted molar refractivity (Wildman–Crippen MR) is 62.4 cm³/mol. The Bertz CT molecular complexity index is 257. The van der Waals surface area contributed by atoms with Gasteiger partial charge in [0.25, 0.3) is 0 Å². The minimum absolute atomic E-state index is 0.0632. The molecule has 0 N–H and O–H groups in total. The number of aryl methyl sites for hydroxylation is 1. The summed E-state index contributed by atoms with van der Waals surface area (Å²) in [6.45, 7) is 6.49. The van der Waals surface area contributed by atoms with Crippen molar-refractivity contribution in [2.75, 3.05) is 0 Å². The van der Waals surface area contributed by atoms with Gasteiger partial charge in [0, 0.05) is 4.75 Å². The van der Waals surface area contributed by atoms with Gasteiger partial charge in [0.05, 0.1) is 0 Å². The van der Waals surface area contributed by atoms with Gasteiger partial charge in [-0.1, -0.05) is 43.7 Å². The van der Waals surface area contributed by atoms with Crippen LogP contribution in [0, 0.1) is 6.92 Å². The molecule has 0 spiro atoms. The van der Waals surface area contributed by atoms with Crippen molar-refractivity contribution in [1.82, 2.24) is 0 Å². The van der Waals surface area contributed by atoms with Crippen LogP contribution in [-0.4, -0.2) is 0 Å². The molecule has 0 saturated carbocycles. The number of hydrogen-bond acceptors (Lipinski definition) is 1. The topological polar surface area (TPSA) is 0 Å². The molecule has 0 aliphatic heterocycles. The van der Waals surface area contributed by atoms with Crippen molar-refractivity contribution in [1.29, 1.82) is 0 Å². The largest absolute Gasteiger partial charge is 0.168 e. The molecule has 0 aliphatic carbocycles. The summed E-state index contributed by atoms with van der Waals surface area (Å²) < 4.78 is 0.0632. The lowest BCUT2D eigenvalue weighted by molar-refractivity contribution is 0.585. The van der Waals surface area contributed by atoms with Crippen LogP contribution in [0.2, 0.25) is 0 Å². The number of thiol groups is 1. The minimum Gasteiger partial charge on any atom is -0.168 e. The Labute approximate surface area is 86.8 Å². The van der Waals surface area contributed by atoms with E-state index in [4.69, 9.17) is 12.6 Å². The molecule has 0 bridgehead atoms. The number of rotatable bonds is 3. The molecule has 1 aromatic rings. The second kappa shape index (κ2) is 4.19. The van der Waals surface area contributed by atoms with Crippen molar-refractivity contribution < 1.29 is 0 Å². The highest BCUT2D eigenvalue weighted by Crippen LogP contribution is 2.35. The lowest BCUT2D eigenvalue weighted by atomic mass is 9.92. The summed E-state index contributed by atoms with van der Waals surface area (Å²) in [5, 5.41) is 0. The molecule has 0 fully saturated rings. The SMILES string of the molecule is CCC(S)(CC)c1ccc(C)cc1. The van der Waals surface area contributed by atoms with E-state index < -0.39 is 0 Å². The van der Waals surface area contributed by atoms with Crippen LogP contribution in [0.3, 0.4) is 0 Å². The molecule has 0 aromatic heterocycles. The van der Waals surface area contributed by atoms with Gasteiger partial charge in [-0.25, -0.2) is 0 Å². The average molecular weight is 194 g/mol. The monoisotopic (exact) mass is 194 g/mol. The second-order valence-electron chi connectivity index (χ2n) is 3.60. The highest BCUT2D eigenvalue weighted by Gasteiger charge is 2.22. The zero-order valence-corrected chi connectivity index (χ0v) is 9.57. The quantitative estimate of drug-likeness (QED) is 0.692. The van der Waals surface area contributed by atoms with E-state index in [0.717, 1.165) is 12.8 Å². The molecular weight excluding hydrogens is 176 g/mol. The van der Waals surface area contributed by atoms with Crippen LogP contribution in [0.4, 0.5) is 0 Å². The van der Waals surface area contributed by atoms with Crippen molar-refractivity contribution in [3.63, 3.8) is 0 Å². The fourth-order valence-corrected chi connectivity index (χ4v) is 1.67. The van der Waals surface area contributed by atoms with Crippen molar-refractivity contribution in [2.24, 2.45) is 0 Å². The maximum absolute atomic E-state index is 4.74. The Hall–Kier alpha value is -0.430. The van der Waals surface area contributed by atoms with Gasteiger partial charge in [-0.05, 0) is 25.3 Å². The van der Waals surface area contributed by atoms with Crippen LogP contribution >= 0.6 is 12.6 Å². The van der Waals surface area contributed by atoms with Gasteiger partial charge in [-0.15, -0.1) is 0 Å². The maximum atomic E-state index is 4.74. The van der Waals surface area contributed by atoms with E-state index in [0.29, 0.717) is 0 Å². The molecular formula is C12H18S. The number of benzene rings is 1. The van der Waals surface area contributed by atoms with E-state index in [2.05, 4.69) is 45.0 Å². The standard InChI is InChI=1S/C12H18S/c1-4-12(13,5-2)11-8-6-10(3)7-9-11/h6-9,13H,4-5H2,1-3H3. The zero-order valence-electron chi connectivity index (χ0n) is 8.67. The van der Waals surface area contributed by atoms with Crippen molar-refractivity contribution in [3.05, 3.63) is 35.4 Å². The second-order valence-corrected chi connectivity index (χ2v) is 4.46. The predicted octanol–water partition coefficient (Wildman–Crippen LogP) is 3.94. The van der Waals surface area contributed by atoms with E-state index in [1.165, 1.54) is 11.1 Å². The Morgan fingerprint density at radius 1 is 1.08 bits per heavy atom. The summed E-state index contributed by atoms with van der Waals surface area (Å²) in [7, 11) is 0. The third-order valence-electron chi connectivity index (χ3n) is 2.76. The van der Waals surface area contributed by atoms with Gasteiger partial charge in [0.2, 0.25) is 0 Å². The smallest absolute Gasteiger partial charge is 0.0373 e. The summed E-state index contributed by atoms with van der Waals surface area (Å²) in [5.41, 5.74) is 2.65. The third-order valence-corrected chi connectivity index (χ3v) is 3.65. The molecule has 0 aliphatic rings. The zero-order chi connectivity index (χ0) is 9.90. The molecule has 13 heavy (non-hydrogen) atoms. The molecule has 0 unspecified atom stereocenters. The first-order chi connectivity index (χ1) is 6.12. The van der Waals surface area contributed by atoms with E-state index in [-0.39, 0.29) is 4.75 Å². The Morgan fingerprint density at radius 2 is 1.54 bits per heavy atom. The molecule has 1 heteroatoms. The summed E-state index contributed by atoms with van der Waals surface area (Å²) in [5.74, 6) is 0. The summed E-state index contributed by atoms with van der Waals surface area (Å²) >= 11 is 4.74. The molecule has 0 radical (unpaired) electrons. The van der Waals surface area contributed by atoms with E-state index in [1.807, 2.05) is 0 Å². The van der Waals surface area contributed by atoms with Gasteiger partial charge in [-0.2, -0.15) is 12.6 Å². The number of hydrogen-bond donors (Lipinski definition) is 1. The normalized spacial score (nSPS) is 11.7. The highest BCUT2D eigenvalue weighted by atomic mass is 32.1. The Balaban J connectivity index is 2.99. The van der Waals surface area contributed by atoms with Crippen molar-refractivity contribution in [2.45, 2.75) is 38.4 Å². The van der Waals surface area contributed by atoms with Gasteiger partial charge in [0.15, 0.2) is 0 Å². The molecule has 1 rings (SSSR count). The molecule has 0 atom stereocenters. The first-order valence-corrected chi connectivity index (χ1v) is 5.36. The van der Waals surface area contributed by atoms with E-state index >= 15 is 0 Å². The van der Waals surface area contributed by atoms with Crippen LogP contribution < -0.4 is 0 Å². The van der Waals surface area contributed by atoms with Gasteiger partial charge < -0.3 is 0 Å². The van der Waals surface area contributed by atoms with Crippen LogP contribution in [0.5, 0.6) is 0 Å². The average Bonchev–Trinajstić information content (AvgIpc) is 2.18. The molecule has 0 heterocycles. The van der Waals surface area contributed by atoms with Gasteiger partial charge in [0.1, 0.15) is 0 Å². The highest BCUT2D eigenvalue weighted by molar-refractivity contribution is 7.81. The fourth-order valence-electron chi connectivity index (χ4n) is 1.52. The van der Waals surface area contributed by atoms with Gasteiger partial charge in [-0.3, -0.25) is 0 Å². The lowest BCUT2D eigenvalue weighted by Crippen LogP contribution is -2.15. The Morgan fingerprint density at radius 3 is 1.92 bits per heavy atom. The molecule has 0 nitrogen and oxygen atoms in total. The van der Waals surface area contributed by atoms with Gasteiger partial charge >= 0.3 is 0 Å². The first-order valence-electron chi connectivity index (χ1n) is 4.92. The van der Waals surface area contributed by atoms with Crippen molar-refractivity contribution in [3.8, 4) is 0 Å². The first kappa shape index (κ1) is 10.6. The van der Waals surface area contributed by atoms with Crippen molar-refractivity contribution >= 4 is 12.6 Å². The fraction of sp³-hybridized carbons (Fsp3) is 0.500. The summed E-state index contributed by atoms with van der Waals surface area (Å²) in [6.07, 6.45) is 2.16. The lowest BCUT2D eigenvalue weighted by Gasteiger charge is -2.26. The van der Waals surface area contributed by atoms with Crippen LogP contribution in [0.15, 0.2) is 24.3 Å². The van der Waals surface area contributed by atoms with E-state index in [1.54, 1.807) is 0 Å². The van der Waals surface area contributed by atoms with Crippen LogP contribution in [0.25, 0.3) is 0 Å². The van der Waals surface area contributed by atoms with Crippen LogP contribution in [0.1, 0.15) is 37.8 Å². The molecule has 72 valence electrons. The minimum atomic E-state index is 0.0632. The molecule has 0 amide bonds. The summed E-state index contributed by atoms with van der Waals surface area (Å²) in [4.78, 5) is 0. The summed E-state index contributed by atoms with van der Waals surface area (Å²) in [6, 6.07) is 8.70. The third kappa shape index (κ3) is 2.28. The van der Waals surface area contributed by atoms with E-state index in [9.17, 15) is 0 Å².